The second-order valence-corrected chi connectivity index (χ2v) is 4.58. The van der Waals surface area contributed by atoms with E-state index in [-0.39, 0.29) is 5.56 Å². The number of methoxy groups -OCH3 is 1. The summed E-state index contributed by atoms with van der Waals surface area (Å²) >= 11 is 1.89. The number of rotatable bonds is 5. The number of ether oxygens (including phenoxy) is 2. The van der Waals surface area contributed by atoms with Gasteiger partial charge < -0.3 is 19.4 Å². The number of carboxylic acid groups (broad SMARTS) is 1. The molecule has 104 valence electrons. The molecule has 1 aromatic carbocycles. The lowest BCUT2D eigenvalue weighted by molar-refractivity contribution is -0.331. The highest BCUT2D eigenvalue weighted by atomic mass is 127. The van der Waals surface area contributed by atoms with Gasteiger partial charge in [-0.2, -0.15) is 8.78 Å². The van der Waals surface area contributed by atoms with Gasteiger partial charge in [0.2, 0.25) is 0 Å². The molecular formula is C11H8F2IO5-. The Morgan fingerprint density at radius 2 is 2.05 bits per heavy atom. The molecule has 1 aromatic rings. The summed E-state index contributed by atoms with van der Waals surface area (Å²) in [5.41, 5.74) is 0.0133. The van der Waals surface area contributed by atoms with E-state index in [1.54, 1.807) is 0 Å². The number of hydrogen-bond donors (Lipinski definition) is 0. The Bertz CT molecular complexity index is 504. The number of carbonyl (C=O) groups excluding carboxylic acids is 2. The molecule has 8 heteroatoms. The fourth-order valence-corrected chi connectivity index (χ4v) is 1.83. The Labute approximate surface area is 120 Å². The first-order valence-electron chi connectivity index (χ1n) is 4.88. The zero-order valence-corrected chi connectivity index (χ0v) is 11.8. The van der Waals surface area contributed by atoms with Gasteiger partial charge in [-0.3, -0.25) is 0 Å². The van der Waals surface area contributed by atoms with E-state index in [1.165, 1.54) is 25.3 Å². The summed E-state index contributed by atoms with van der Waals surface area (Å²) in [6, 6.07) is 4.16. The third-order valence-corrected chi connectivity index (χ3v) is 2.91. The van der Waals surface area contributed by atoms with Crippen molar-refractivity contribution in [2.24, 2.45) is 0 Å². The molecule has 19 heavy (non-hydrogen) atoms. The topological polar surface area (TPSA) is 75.7 Å². The fraction of sp³-hybridized carbons (Fsp3) is 0.273. The Hall–Kier alpha value is -1.45. The van der Waals surface area contributed by atoms with Gasteiger partial charge >= 0.3 is 11.9 Å². The molecule has 0 saturated heterocycles. The molecule has 0 aliphatic rings. The monoisotopic (exact) mass is 385 g/mol. The van der Waals surface area contributed by atoms with Crippen LogP contribution in [0.25, 0.3) is 0 Å². The number of hydrogen-bond acceptors (Lipinski definition) is 5. The second kappa shape index (κ2) is 6.13. The van der Waals surface area contributed by atoms with Crippen molar-refractivity contribution in [1.29, 1.82) is 0 Å². The van der Waals surface area contributed by atoms with Gasteiger partial charge in [-0.1, -0.05) is 0 Å². The Kier molecular flexibility index (Phi) is 5.04. The van der Waals surface area contributed by atoms with Crippen molar-refractivity contribution in [3.8, 4) is 5.75 Å². The van der Waals surface area contributed by atoms with Crippen molar-refractivity contribution in [2.75, 3.05) is 13.7 Å². The Balaban J connectivity index is 2.74. The van der Waals surface area contributed by atoms with E-state index in [1.807, 2.05) is 22.6 Å². The highest BCUT2D eigenvalue weighted by Crippen LogP contribution is 2.22. The third-order valence-electron chi connectivity index (χ3n) is 2.07. The van der Waals surface area contributed by atoms with Crippen molar-refractivity contribution in [3.63, 3.8) is 0 Å². The zero-order valence-electron chi connectivity index (χ0n) is 9.61. The van der Waals surface area contributed by atoms with Crippen LogP contribution in [-0.4, -0.2) is 31.6 Å². The number of benzene rings is 1. The van der Waals surface area contributed by atoms with Gasteiger partial charge in [0.25, 0.3) is 0 Å². The summed E-state index contributed by atoms with van der Waals surface area (Å²) in [6.45, 7) is -1.57. The number of carbonyl (C=O) groups is 2. The first-order valence-corrected chi connectivity index (χ1v) is 5.95. The Morgan fingerprint density at radius 1 is 1.42 bits per heavy atom. The second-order valence-electron chi connectivity index (χ2n) is 3.42. The molecule has 5 nitrogen and oxygen atoms in total. The maximum Gasteiger partial charge on any atom is 0.338 e. The van der Waals surface area contributed by atoms with Gasteiger partial charge in [0.1, 0.15) is 11.7 Å². The molecule has 0 unspecified atom stereocenters. The van der Waals surface area contributed by atoms with E-state index < -0.39 is 24.5 Å². The van der Waals surface area contributed by atoms with Crippen LogP contribution in [0.2, 0.25) is 0 Å². The number of carboxylic acids is 1. The SMILES string of the molecule is COc1ccc(C(=O)OCC(F)(F)C(=O)[O-])cc1I. The van der Waals surface area contributed by atoms with Gasteiger partial charge in [-0.15, -0.1) is 0 Å². The maximum absolute atomic E-state index is 12.7. The average Bonchev–Trinajstić information content (AvgIpc) is 2.35. The highest BCUT2D eigenvalue weighted by molar-refractivity contribution is 14.1. The van der Waals surface area contributed by atoms with Gasteiger partial charge in [0.05, 0.1) is 16.2 Å². The molecule has 0 spiro atoms. The zero-order chi connectivity index (χ0) is 14.6. The third kappa shape index (κ3) is 4.01. The van der Waals surface area contributed by atoms with Crippen molar-refractivity contribution >= 4 is 34.5 Å². The standard InChI is InChI=1S/C11H9F2IO5/c1-18-8-3-2-6(4-7(8)14)9(15)19-5-11(12,13)10(16)17/h2-4H,5H2,1H3,(H,16,17)/p-1. The minimum absolute atomic E-state index is 0.0133. The number of alkyl halides is 2. The quantitative estimate of drug-likeness (QED) is 0.555. The van der Waals surface area contributed by atoms with Crippen LogP contribution >= 0.6 is 22.6 Å². The summed E-state index contributed by atoms with van der Waals surface area (Å²) < 4.78 is 35.1. The van der Waals surface area contributed by atoms with E-state index in [2.05, 4.69) is 4.74 Å². The summed E-state index contributed by atoms with van der Waals surface area (Å²) in [4.78, 5) is 21.5. The van der Waals surface area contributed by atoms with E-state index >= 15 is 0 Å². The predicted octanol–water partition coefficient (Wildman–Crippen LogP) is 0.842. The molecule has 0 aromatic heterocycles. The Morgan fingerprint density at radius 3 is 2.53 bits per heavy atom. The highest BCUT2D eigenvalue weighted by Gasteiger charge is 2.33. The number of aliphatic carboxylic acids is 1. The van der Waals surface area contributed by atoms with E-state index in [9.17, 15) is 23.5 Å². The molecule has 0 bridgehead atoms. The molecular weight excluding hydrogens is 377 g/mol. The van der Waals surface area contributed by atoms with Crippen LogP contribution in [0.4, 0.5) is 8.78 Å². The van der Waals surface area contributed by atoms with Gasteiger partial charge in [0.15, 0.2) is 6.61 Å². The predicted molar refractivity (Wildman–Crippen MR) is 65.9 cm³/mol. The first kappa shape index (κ1) is 15.6. The average molecular weight is 385 g/mol. The molecule has 1 rings (SSSR count). The van der Waals surface area contributed by atoms with Crippen LogP contribution in [0.1, 0.15) is 10.4 Å². The molecule has 0 aliphatic carbocycles. The molecule has 0 N–H and O–H groups in total. The van der Waals surface area contributed by atoms with Crippen LogP contribution in [0.3, 0.4) is 0 Å². The summed E-state index contributed by atoms with van der Waals surface area (Å²) in [6.07, 6.45) is 0. The molecule has 0 saturated carbocycles. The van der Waals surface area contributed by atoms with Gasteiger partial charge in [-0.25, -0.2) is 4.79 Å². The maximum atomic E-state index is 12.7. The molecule has 0 aliphatic heterocycles. The summed E-state index contributed by atoms with van der Waals surface area (Å²) in [5.74, 6) is -7.35. The van der Waals surface area contributed by atoms with Gasteiger partial charge in [-0.05, 0) is 40.8 Å². The van der Waals surface area contributed by atoms with Crippen LogP contribution in [-0.2, 0) is 9.53 Å². The normalized spacial score (nSPS) is 10.9. The molecule has 0 heterocycles. The number of halogens is 3. The van der Waals surface area contributed by atoms with Crippen molar-refractivity contribution in [3.05, 3.63) is 27.3 Å². The fourth-order valence-electron chi connectivity index (χ4n) is 1.09. The van der Waals surface area contributed by atoms with E-state index in [0.29, 0.717) is 9.32 Å². The molecule has 0 atom stereocenters. The first-order chi connectivity index (χ1) is 8.77. The molecule has 0 fully saturated rings. The lowest BCUT2D eigenvalue weighted by atomic mass is 10.2. The summed E-state index contributed by atoms with van der Waals surface area (Å²) in [7, 11) is 1.44. The smallest absolute Gasteiger partial charge is 0.338 e. The number of esters is 1. The van der Waals surface area contributed by atoms with E-state index in [0.717, 1.165) is 0 Å². The minimum atomic E-state index is -4.21. The molecule has 0 radical (unpaired) electrons. The lowest BCUT2D eigenvalue weighted by Crippen LogP contribution is -2.45. The van der Waals surface area contributed by atoms with Crippen LogP contribution in [0, 0.1) is 3.57 Å². The van der Waals surface area contributed by atoms with Crippen molar-refractivity contribution in [1.82, 2.24) is 0 Å². The van der Waals surface area contributed by atoms with Crippen molar-refractivity contribution in [2.45, 2.75) is 5.92 Å². The van der Waals surface area contributed by atoms with E-state index in [4.69, 9.17) is 4.74 Å². The van der Waals surface area contributed by atoms with Crippen LogP contribution in [0.15, 0.2) is 18.2 Å². The summed E-state index contributed by atoms with van der Waals surface area (Å²) in [5, 5.41) is 10.0. The van der Waals surface area contributed by atoms with Gasteiger partial charge in [0, 0.05) is 0 Å². The lowest BCUT2D eigenvalue weighted by Gasteiger charge is -2.16. The largest absolute Gasteiger partial charge is 0.544 e. The van der Waals surface area contributed by atoms with Crippen molar-refractivity contribution < 1.29 is 33.0 Å². The molecule has 0 amide bonds. The van der Waals surface area contributed by atoms with Crippen LogP contribution < -0.4 is 9.84 Å². The minimum Gasteiger partial charge on any atom is -0.544 e. The van der Waals surface area contributed by atoms with Crippen LogP contribution in [0.5, 0.6) is 5.75 Å².